The molecule has 1 amide bonds. The van der Waals surface area contributed by atoms with Gasteiger partial charge in [-0.15, -0.1) is 0 Å². The standard InChI is InChI=1S/C18H24N4O2/c1-24-17-4-2-15(3-5-17)6-8-20-18(23)13-21-10-7-16(12-21)22-11-9-19-14-22/h2-5,9,11,14,16H,6-8,10,12-13H2,1H3,(H,20,23). The number of hydrogen-bond donors (Lipinski definition) is 1. The van der Waals surface area contributed by atoms with Crippen LogP contribution >= 0.6 is 0 Å². The largest absolute Gasteiger partial charge is 0.497 e. The third-order valence-electron chi connectivity index (χ3n) is 4.46. The number of carbonyl (C=O) groups is 1. The Balaban J connectivity index is 1.37. The van der Waals surface area contributed by atoms with Gasteiger partial charge in [-0.05, 0) is 30.5 Å². The molecule has 0 spiro atoms. The molecule has 128 valence electrons. The predicted molar refractivity (Wildman–Crippen MR) is 92.0 cm³/mol. The molecule has 1 fully saturated rings. The molecule has 1 unspecified atom stereocenters. The molecule has 0 radical (unpaired) electrons. The van der Waals surface area contributed by atoms with Crippen molar-refractivity contribution < 1.29 is 9.53 Å². The molecule has 1 aliphatic rings. The highest BCUT2D eigenvalue weighted by molar-refractivity contribution is 5.78. The van der Waals surface area contributed by atoms with Crippen LogP contribution in [0.5, 0.6) is 5.75 Å². The van der Waals surface area contributed by atoms with Gasteiger partial charge >= 0.3 is 0 Å². The van der Waals surface area contributed by atoms with Gasteiger partial charge in [0.15, 0.2) is 0 Å². The molecule has 1 aromatic carbocycles. The van der Waals surface area contributed by atoms with E-state index in [4.69, 9.17) is 4.74 Å². The number of rotatable bonds is 7. The number of ether oxygens (including phenoxy) is 1. The maximum Gasteiger partial charge on any atom is 0.234 e. The summed E-state index contributed by atoms with van der Waals surface area (Å²) in [5.74, 6) is 0.944. The van der Waals surface area contributed by atoms with Crippen LogP contribution < -0.4 is 10.1 Å². The number of amides is 1. The number of benzene rings is 1. The fourth-order valence-electron chi connectivity index (χ4n) is 3.08. The number of hydrogen-bond acceptors (Lipinski definition) is 4. The second kappa shape index (κ2) is 7.97. The molecular formula is C18H24N4O2. The average molecular weight is 328 g/mol. The average Bonchev–Trinajstić information content (AvgIpc) is 3.27. The fourth-order valence-corrected chi connectivity index (χ4v) is 3.08. The van der Waals surface area contributed by atoms with Crippen molar-refractivity contribution in [3.63, 3.8) is 0 Å². The molecule has 6 heteroatoms. The number of aromatic nitrogens is 2. The maximum atomic E-state index is 12.1. The third kappa shape index (κ3) is 4.35. The number of methoxy groups -OCH3 is 1. The van der Waals surface area contributed by atoms with E-state index in [0.29, 0.717) is 19.1 Å². The minimum absolute atomic E-state index is 0.0924. The Morgan fingerprint density at radius 2 is 2.21 bits per heavy atom. The second-order valence-electron chi connectivity index (χ2n) is 6.14. The van der Waals surface area contributed by atoms with Crippen LogP contribution in [-0.4, -0.2) is 53.6 Å². The van der Waals surface area contributed by atoms with E-state index in [2.05, 4.69) is 19.8 Å². The van der Waals surface area contributed by atoms with Crippen LogP contribution in [-0.2, 0) is 11.2 Å². The molecule has 6 nitrogen and oxygen atoms in total. The molecular weight excluding hydrogens is 304 g/mol. The molecule has 3 rings (SSSR count). The van der Waals surface area contributed by atoms with Crippen molar-refractivity contribution in [3.05, 3.63) is 48.5 Å². The Hall–Kier alpha value is -2.34. The van der Waals surface area contributed by atoms with Gasteiger partial charge < -0.3 is 14.6 Å². The minimum Gasteiger partial charge on any atom is -0.497 e. The molecule has 1 atom stereocenters. The predicted octanol–water partition coefficient (Wildman–Crippen LogP) is 1.50. The smallest absolute Gasteiger partial charge is 0.234 e. The molecule has 0 aliphatic carbocycles. The van der Waals surface area contributed by atoms with Crippen molar-refractivity contribution >= 4 is 5.91 Å². The van der Waals surface area contributed by atoms with Crippen LogP contribution in [0.4, 0.5) is 0 Å². The zero-order valence-electron chi connectivity index (χ0n) is 14.0. The van der Waals surface area contributed by atoms with Crippen molar-refractivity contribution in [1.29, 1.82) is 0 Å². The molecule has 1 aliphatic heterocycles. The van der Waals surface area contributed by atoms with E-state index >= 15 is 0 Å². The minimum atomic E-state index is 0.0924. The summed E-state index contributed by atoms with van der Waals surface area (Å²) in [6, 6.07) is 8.37. The van der Waals surface area contributed by atoms with Gasteiger partial charge in [-0.2, -0.15) is 0 Å². The first-order valence-corrected chi connectivity index (χ1v) is 8.34. The van der Waals surface area contributed by atoms with Crippen LogP contribution in [0.1, 0.15) is 18.0 Å². The Kier molecular flexibility index (Phi) is 5.48. The van der Waals surface area contributed by atoms with Gasteiger partial charge in [0, 0.05) is 38.1 Å². The van der Waals surface area contributed by atoms with Crippen LogP contribution in [0.2, 0.25) is 0 Å². The van der Waals surface area contributed by atoms with Crippen LogP contribution in [0.3, 0.4) is 0 Å². The summed E-state index contributed by atoms with van der Waals surface area (Å²) < 4.78 is 7.27. The van der Waals surface area contributed by atoms with Gasteiger partial charge in [0.1, 0.15) is 5.75 Å². The van der Waals surface area contributed by atoms with Gasteiger partial charge in [0.2, 0.25) is 5.91 Å². The molecule has 2 aromatic rings. The number of nitrogens with one attached hydrogen (secondary N) is 1. The van der Waals surface area contributed by atoms with Gasteiger partial charge in [0.05, 0.1) is 20.0 Å². The maximum absolute atomic E-state index is 12.1. The Labute approximate surface area is 142 Å². The highest BCUT2D eigenvalue weighted by atomic mass is 16.5. The summed E-state index contributed by atoms with van der Waals surface area (Å²) >= 11 is 0. The lowest BCUT2D eigenvalue weighted by molar-refractivity contribution is -0.122. The van der Waals surface area contributed by atoms with E-state index < -0.39 is 0 Å². The van der Waals surface area contributed by atoms with Crippen molar-refractivity contribution in [2.24, 2.45) is 0 Å². The lowest BCUT2D eigenvalue weighted by atomic mass is 10.1. The first kappa shape index (κ1) is 16.5. The molecule has 0 saturated carbocycles. The van der Waals surface area contributed by atoms with Crippen LogP contribution in [0.25, 0.3) is 0 Å². The van der Waals surface area contributed by atoms with Crippen molar-refractivity contribution in [2.45, 2.75) is 18.9 Å². The first-order valence-electron chi connectivity index (χ1n) is 8.34. The molecule has 1 saturated heterocycles. The molecule has 0 bridgehead atoms. The van der Waals surface area contributed by atoms with Gasteiger partial charge in [-0.1, -0.05) is 12.1 Å². The van der Waals surface area contributed by atoms with Crippen LogP contribution in [0, 0.1) is 0 Å². The fraction of sp³-hybridized carbons (Fsp3) is 0.444. The summed E-state index contributed by atoms with van der Waals surface area (Å²) in [7, 11) is 1.66. The highest BCUT2D eigenvalue weighted by Gasteiger charge is 2.24. The molecule has 24 heavy (non-hydrogen) atoms. The Bertz CT molecular complexity index is 640. The molecule has 1 N–H and O–H groups in total. The number of likely N-dealkylation sites (tertiary alicyclic amines) is 1. The third-order valence-corrected chi connectivity index (χ3v) is 4.46. The topological polar surface area (TPSA) is 59.4 Å². The number of imidazole rings is 1. The summed E-state index contributed by atoms with van der Waals surface area (Å²) in [6.45, 7) is 2.98. The number of carbonyl (C=O) groups excluding carboxylic acids is 1. The van der Waals surface area contributed by atoms with E-state index in [0.717, 1.165) is 31.7 Å². The zero-order chi connectivity index (χ0) is 16.8. The van der Waals surface area contributed by atoms with E-state index in [1.54, 1.807) is 13.3 Å². The first-order chi connectivity index (χ1) is 11.7. The molecule has 1 aromatic heterocycles. The van der Waals surface area contributed by atoms with E-state index in [9.17, 15) is 4.79 Å². The van der Waals surface area contributed by atoms with Gasteiger partial charge in [-0.3, -0.25) is 9.69 Å². The normalized spacial score (nSPS) is 17.8. The summed E-state index contributed by atoms with van der Waals surface area (Å²) in [6.07, 6.45) is 7.53. The van der Waals surface area contributed by atoms with E-state index in [1.807, 2.05) is 36.8 Å². The monoisotopic (exact) mass is 328 g/mol. The SMILES string of the molecule is COc1ccc(CCNC(=O)CN2CCC(n3ccnc3)C2)cc1. The quantitative estimate of drug-likeness (QED) is 0.837. The van der Waals surface area contributed by atoms with E-state index in [1.165, 1.54) is 5.56 Å². The lowest BCUT2D eigenvalue weighted by Gasteiger charge is -2.16. The van der Waals surface area contributed by atoms with Gasteiger partial charge in [0.25, 0.3) is 0 Å². The summed E-state index contributed by atoms with van der Waals surface area (Å²) in [5, 5.41) is 3.01. The van der Waals surface area contributed by atoms with Crippen molar-refractivity contribution in [2.75, 3.05) is 33.3 Å². The van der Waals surface area contributed by atoms with E-state index in [-0.39, 0.29) is 5.91 Å². The summed E-state index contributed by atoms with van der Waals surface area (Å²) in [4.78, 5) is 18.4. The Morgan fingerprint density at radius 1 is 1.38 bits per heavy atom. The summed E-state index contributed by atoms with van der Waals surface area (Å²) in [5.41, 5.74) is 1.19. The lowest BCUT2D eigenvalue weighted by Crippen LogP contribution is -2.37. The van der Waals surface area contributed by atoms with Crippen molar-refractivity contribution in [1.82, 2.24) is 19.8 Å². The second-order valence-corrected chi connectivity index (χ2v) is 6.14. The highest BCUT2D eigenvalue weighted by Crippen LogP contribution is 2.20. The van der Waals surface area contributed by atoms with Gasteiger partial charge in [-0.25, -0.2) is 4.98 Å². The molecule has 2 heterocycles. The van der Waals surface area contributed by atoms with Crippen LogP contribution in [0.15, 0.2) is 43.0 Å². The Morgan fingerprint density at radius 3 is 2.92 bits per heavy atom. The zero-order valence-corrected chi connectivity index (χ0v) is 14.0. The van der Waals surface area contributed by atoms with Crippen molar-refractivity contribution in [3.8, 4) is 5.75 Å². The number of nitrogens with zero attached hydrogens (tertiary/aromatic N) is 3.